The van der Waals surface area contributed by atoms with Crippen LogP contribution in [0.25, 0.3) is 22.4 Å². The molecule has 0 aliphatic carbocycles. The lowest BCUT2D eigenvalue weighted by atomic mass is 10.2. The number of carbonyl (C=O) groups excluding carboxylic acids is 1. The lowest BCUT2D eigenvalue weighted by Gasteiger charge is -2.10. The van der Waals surface area contributed by atoms with Gasteiger partial charge in [-0.25, -0.2) is 14.5 Å². The number of aromatic nitrogens is 9. The SMILES string of the molecule is CCc1nc2n[nH]c(C#Cc3cnn(C)c3)c2c(=O)n1-c1ccccc1.NC(=O)c1c(N)nc2cccnn12. The molecule has 5 aromatic heterocycles. The van der Waals surface area contributed by atoms with Gasteiger partial charge in [0, 0.05) is 25.9 Å². The van der Waals surface area contributed by atoms with E-state index in [0.717, 1.165) is 11.3 Å². The van der Waals surface area contributed by atoms with Gasteiger partial charge in [-0.2, -0.15) is 15.3 Å². The first-order valence-electron chi connectivity index (χ1n) is 11.8. The van der Waals surface area contributed by atoms with Gasteiger partial charge in [0.2, 0.25) is 0 Å². The number of aromatic amines is 1. The fraction of sp³-hybridized carbons (Fsp3) is 0.115. The first-order valence-corrected chi connectivity index (χ1v) is 11.8. The molecule has 0 aliphatic heterocycles. The van der Waals surface area contributed by atoms with E-state index in [1.807, 2.05) is 44.3 Å². The van der Waals surface area contributed by atoms with Crippen molar-refractivity contribution in [3.63, 3.8) is 0 Å². The summed E-state index contributed by atoms with van der Waals surface area (Å²) in [5.74, 6) is 6.10. The maximum Gasteiger partial charge on any atom is 0.271 e. The predicted molar refractivity (Wildman–Crippen MR) is 144 cm³/mol. The Bertz CT molecular complexity index is 1940. The third-order valence-electron chi connectivity index (χ3n) is 5.68. The number of nitrogens with one attached hydrogen (secondary N) is 1. The molecule has 0 atom stereocenters. The Kier molecular flexibility index (Phi) is 6.58. The van der Waals surface area contributed by atoms with Crippen LogP contribution in [0.15, 0.2) is 65.8 Å². The highest BCUT2D eigenvalue weighted by molar-refractivity contribution is 5.96. The number of aryl methyl sites for hydroxylation is 2. The van der Waals surface area contributed by atoms with Crippen LogP contribution in [-0.2, 0) is 13.5 Å². The number of benzene rings is 1. The summed E-state index contributed by atoms with van der Waals surface area (Å²) in [7, 11) is 1.82. The number of fused-ring (bicyclic) bond motifs is 2. The number of hydrogen-bond donors (Lipinski definition) is 3. The highest BCUT2D eigenvalue weighted by atomic mass is 16.1. The molecule has 0 aliphatic rings. The molecule has 0 saturated carbocycles. The summed E-state index contributed by atoms with van der Waals surface area (Å²) in [6.45, 7) is 1.96. The Morgan fingerprint density at radius 3 is 2.56 bits per heavy atom. The van der Waals surface area contributed by atoms with Crippen molar-refractivity contribution in [1.82, 2.24) is 44.1 Å². The van der Waals surface area contributed by atoms with Crippen molar-refractivity contribution >= 4 is 28.4 Å². The van der Waals surface area contributed by atoms with E-state index in [1.165, 1.54) is 10.7 Å². The van der Waals surface area contributed by atoms with E-state index < -0.39 is 5.91 Å². The number of nitrogens with two attached hydrogens (primary N) is 2. The van der Waals surface area contributed by atoms with E-state index in [9.17, 15) is 9.59 Å². The van der Waals surface area contributed by atoms with E-state index in [4.69, 9.17) is 11.5 Å². The molecule has 6 rings (SSSR count). The van der Waals surface area contributed by atoms with Crippen molar-refractivity contribution < 1.29 is 4.79 Å². The maximum absolute atomic E-state index is 13.2. The van der Waals surface area contributed by atoms with Gasteiger partial charge in [0.05, 0.1) is 17.4 Å². The number of H-pyrrole nitrogens is 1. The maximum atomic E-state index is 13.2. The number of nitrogens with zero attached hydrogens (tertiary/aromatic N) is 8. The number of primary amides is 1. The average molecular weight is 522 g/mol. The fourth-order valence-electron chi connectivity index (χ4n) is 3.94. The third-order valence-corrected chi connectivity index (χ3v) is 5.68. The predicted octanol–water partition coefficient (Wildman–Crippen LogP) is 1.21. The van der Waals surface area contributed by atoms with Crippen LogP contribution >= 0.6 is 0 Å². The van der Waals surface area contributed by atoms with Gasteiger partial charge in [-0.3, -0.25) is 23.9 Å². The summed E-state index contributed by atoms with van der Waals surface area (Å²) in [4.78, 5) is 32.6. The molecule has 0 unspecified atom stereocenters. The smallest absolute Gasteiger partial charge is 0.271 e. The molecule has 0 spiro atoms. The van der Waals surface area contributed by atoms with Crippen LogP contribution in [0.1, 0.15) is 34.5 Å². The second-order valence-electron chi connectivity index (χ2n) is 8.31. The molecule has 1 amide bonds. The van der Waals surface area contributed by atoms with Crippen molar-refractivity contribution in [3.05, 3.63) is 94.2 Å². The molecule has 6 aromatic rings. The first kappa shape index (κ1) is 24.9. The van der Waals surface area contributed by atoms with Crippen LogP contribution in [0.4, 0.5) is 5.82 Å². The van der Waals surface area contributed by atoms with E-state index in [0.29, 0.717) is 34.6 Å². The quantitative estimate of drug-likeness (QED) is 0.291. The molecule has 13 nitrogen and oxygen atoms in total. The zero-order valence-electron chi connectivity index (χ0n) is 21.0. The van der Waals surface area contributed by atoms with Gasteiger partial charge in [0.15, 0.2) is 22.8 Å². The number of para-hydroxylation sites is 1. The van der Waals surface area contributed by atoms with E-state index in [-0.39, 0.29) is 17.1 Å². The van der Waals surface area contributed by atoms with Crippen LogP contribution in [0.5, 0.6) is 0 Å². The largest absolute Gasteiger partial charge is 0.382 e. The Morgan fingerprint density at radius 2 is 1.87 bits per heavy atom. The Hall–Kier alpha value is -5.77. The summed E-state index contributed by atoms with van der Waals surface area (Å²) in [6.07, 6.45) is 5.62. The minimum absolute atomic E-state index is 0.103. The van der Waals surface area contributed by atoms with Crippen LogP contribution in [-0.4, -0.2) is 50.0 Å². The molecule has 1 aromatic carbocycles. The van der Waals surface area contributed by atoms with Gasteiger partial charge in [-0.1, -0.05) is 31.0 Å². The molecule has 194 valence electrons. The lowest BCUT2D eigenvalue weighted by molar-refractivity contribution is 0.0994. The summed E-state index contributed by atoms with van der Waals surface area (Å²) in [6, 6.07) is 12.9. The highest BCUT2D eigenvalue weighted by Crippen LogP contribution is 2.14. The zero-order chi connectivity index (χ0) is 27.5. The summed E-state index contributed by atoms with van der Waals surface area (Å²) in [5.41, 5.74) is 13.4. The van der Waals surface area contributed by atoms with Crippen LogP contribution in [0.3, 0.4) is 0 Å². The number of hydrogen-bond acceptors (Lipinski definition) is 8. The number of nitrogen functional groups attached to an aromatic ring is 1. The molecule has 39 heavy (non-hydrogen) atoms. The van der Waals surface area contributed by atoms with Gasteiger partial charge >= 0.3 is 0 Å². The Morgan fingerprint density at radius 1 is 1.08 bits per heavy atom. The standard InChI is InChI=1S/C19H16N6O.C7H7N5O/c1-3-16-21-18-17(19(26)25(16)14-7-5-4-6-8-14)15(22-23-18)10-9-13-11-20-24(2)12-13;8-6-5(7(9)13)12-4(11-6)2-1-3-10-12/h4-8,11-12H,3H2,1-2H3,(H,22,23);1-3H,8H2,(H2,9,13). The molecule has 13 heteroatoms. The van der Waals surface area contributed by atoms with Gasteiger partial charge in [0.1, 0.15) is 16.9 Å². The van der Waals surface area contributed by atoms with Crippen molar-refractivity contribution in [2.45, 2.75) is 13.3 Å². The molecule has 0 radical (unpaired) electrons. The fourth-order valence-corrected chi connectivity index (χ4v) is 3.94. The van der Waals surface area contributed by atoms with E-state index in [2.05, 4.69) is 42.2 Å². The topological polar surface area (TPSA) is 181 Å². The number of anilines is 1. The minimum atomic E-state index is -0.635. The molecule has 0 fully saturated rings. The van der Waals surface area contributed by atoms with Crippen molar-refractivity contribution in [2.24, 2.45) is 12.8 Å². The van der Waals surface area contributed by atoms with E-state index >= 15 is 0 Å². The average Bonchev–Trinajstić information content (AvgIpc) is 3.63. The van der Waals surface area contributed by atoms with Gasteiger partial charge in [-0.15, -0.1) is 0 Å². The number of amides is 1. The molecular formula is C26H23N11O2. The Balaban J connectivity index is 0.000000198. The zero-order valence-corrected chi connectivity index (χ0v) is 21.0. The summed E-state index contributed by atoms with van der Waals surface area (Å²) < 4.78 is 4.61. The Labute approximate surface area is 221 Å². The minimum Gasteiger partial charge on any atom is -0.382 e. The third kappa shape index (κ3) is 4.81. The second kappa shape index (κ2) is 10.3. The lowest BCUT2D eigenvalue weighted by Crippen LogP contribution is -2.23. The van der Waals surface area contributed by atoms with Gasteiger partial charge in [-0.05, 0) is 30.2 Å². The summed E-state index contributed by atoms with van der Waals surface area (Å²) in [5, 5.41) is 15.4. The molecular weight excluding hydrogens is 498 g/mol. The monoisotopic (exact) mass is 521 g/mol. The number of carbonyl (C=O) groups is 1. The number of rotatable bonds is 3. The van der Waals surface area contributed by atoms with Gasteiger partial charge in [0.25, 0.3) is 11.5 Å². The number of imidazole rings is 1. The second-order valence-corrected chi connectivity index (χ2v) is 8.31. The molecule has 0 bridgehead atoms. The van der Waals surface area contributed by atoms with Crippen LogP contribution in [0.2, 0.25) is 0 Å². The highest BCUT2D eigenvalue weighted by Gasteiger charge is 2.17. The van der Waals surface area contributed by atoms with Crippen LogP contribution in [0, 0.1) is 11.8 Å². The van der Waals surface area contributed by atoms with Crippen LogP contribution < -0.4 is 17.0 Å². The molecule has 0 saturated heterocycles. The van der Waals surface area contributed by atoms with Crippen molar-refractivity contribution in [3.8, 4) is 17.5 Å². The first-order chi connectivity index (χ1) is 18.9. The normalized spacial score (nSPS) is 10.6. The van der Waals surface area contributed by atoms with E-state index in [1.54, 1.807) is 33.8 Å². The van der Waals surface area contributed by atoms with Crippen molar-refractivity contribution in [1.29, 1.82) is 0 Å². The summed E-state index contributed by atoms with van der Waals surface area (Å²) >= 11 is 0. The molecule has 5 N–H and O–H groups in total. The van der Waals surface area contributed by atoms with Crippen molar-refractivity contribution in [2.75, 3.05) is 5.73 Å². The van der Waals surface area contributed by atoms with Gasteiger partial charge < -0.3 is 11.5 Å². The molecule has 5 heterocycles.